The van der Waals surface area contributed by atoms with Crippen molar-refractivity contribution in [1.29, 1.82) is 0 Å². The van der Waals surface area contributed by atoms with Gasteiger partial charge in [0.2, 0.25) is 0 Å². The summed E-state index contributed by atoms with van der Waals surface area (Å²) in [6, 6.07) is 16.3. The van der Waals surface area contributed by atoms with Crippen molar-refractivity contribution >= 4 is 11.8 Å². The third kappa shape index (κ3) is 4.70. The molecule has 0 amide bonds. The molecule has 1 atom stereocenters. The van der Waals surface area contributed by atoms with Crippen LogP contribution in [0.1, 0.15) is 29.6 Å². The van der Waals surface area contributed by atoms with E-state index in [4.69, 9.17) is 4.74 Å². The van der Waals surface area contributed by atoms with Crippen LogP contribution in [0, 0.1) is 11.8 Å². The maximum absolute atomic E-state index is 12.6. The Balaban J connectivity index is 1.64. The molecule has 2 aromatic carbocycles. The number of piperidine rings is 1. The normalized spacial score (nSPS) is 16.0. The van der Waals surface area contributed by atoms with E-state index in [0.717, 1.165) is 31.7 Å². The van der Waals surface area contributed by atoms with Gasteiger partial charge in [0.15, 0.2) is 5.78 Å². The molecule has 5 nitrogen and oxygen atoms in total. The lowest BCUT2D eigenvalue weighted by molar-refractivity contribution is -0.144. The summed E-state index contributed by atoms with van der Waals surface area (Å²) in [5.41, 5.74) is 0.519. The molecule has 0 saturated carbocycles. The van der Waals surface area contributed by atoms with E-state index in [1.807, 2.05) is 30.3 Å². The van der Waals surface area contributed by atoms with Crippen molar-refractivity contribution in [2.75, 3.05) is 13.1 Å². The van der Waals surface area contributed by atoms with Gasteiger partial charge in [-0.3, -0.25) is 9.59 Å². The Labute approximate surface area is 153 Å². The molecule has 1 heterocycles. The molecule has 136 valence electrons. The van der Waals surface area contributed by atoms with E-state index in [2.05, 4.69) is 5.32 Å². The van der Waals surface area contributed by atoms with Gasteiger partial charge in [-0.1, -0.05) is 18.2 Å². The number of ketones is 1. The SMILES string of the molecule is O=C(CC(C(=O)O)C1CCNCC1)c1ccc(Oc2ccccc2)cc1. The molecule has 26 heavy (non-hydrogen) atoms. The minimum atomic E-state index is -0.880. The number of para-hydroxylation sites is 1. The number of benzene rings is 2. The van der Waals surface area contributed by atoms with Gasteiger partial charge in [0.1, 0.15) is 11.5 Å². The predicted molar refractivity (Wildman–Crippen MR) is 98.6 cm³/mol. The van der Waals surface area contributed by atoms with Crippen molar-refractivity contribution in [1.82, 2.24) is 5.32 Å². The van der Waals surface area contributed by atoms with Gasteiger partial charge < -0.3 is 15.2 Å². The lowest BCUT2D eigenvalue weighted by Gasteiger charge is -2.27. The van der Waals surface area contributed by atoms with Crippen molar-refractivity contribution in [3.63, 3.8) is 0 Å². The summed E-state index contributed by atoms with van der Waals surface area (Å²) < 4.78 is 5.72. The van der Waals surface area contributed by atoms with E-state index >= 15 is 0 Å². The predicted octanol–water partition coefficient (Wildman–Crippen LogP) is 3.75. The van der Waals surface area contributed by atoms with Gasteiger partial charge >= 0.3 is 5.97 Å². The topological polar surface area (TPSA) is 75.6 Å². The van der Waals surface area contributed by atoms with E-state index < -0.39 is 11.9 Å². The molecule has 0 aromatic heterocycles. The Bertz CT molecular complexity index is 736. The smallest absolute Gasteiger partial charge is 0.307 e. The maximum atomic E-state index is 12.6. The van der Waals surface area contributed by atoms with Crippen LogP contribution >= 0.6 is 0 Å². The first-order valence-electron chi connectivity index (χ1n) is 8.93. The standard InChI is InChI=1S/C21H23NO4/c23-20(14-19(21(24)25)15-10-12-22-13-11-15)16-6-8-18(9-7-16)26-17-4-2-1-3-5-17/h1-9,15,19,22H,10-14H2,(H,24,25). The zero-order chi connectivity index (χ0) is 18.4. The second-order valence-corrected chi connectivity index (χ2v) is 6.60. The van der Waals surface area contributed by atoms with Gasteiger partial charge in [-0.15, -0.1) is 0 Å². The molecule has 1 unspecified atom stereocenters. The summed E-state index contributed by atoms with van der Waals surface area (Å²) >= 11 is 0. The minimum absolute atomic E-state index is 0.0406. The monoisotopic (exact) mass is 353 g/mol. The van der Waals surface area contributed by atoms with E-state index in [9.17, 15) is 14.7 Å². The fraction of sp³-hybridized carbons (Fsp3) is 0.333. The van der Waals surface area contributed by atoms with Gasteiger partial charge in [0.25, 0.3) is 0 Å². The molecule has 1 saturated heterocycles. The molecule has 1 aliphatic heterocycles. The number of hydrogen-bond acceptors (Lipinski definition) is 4. The van der Waals surface area contributed by atoms with Crippen LogP contribution in [0.15, 0.2) is 54.6 Å². The molecule has 5 heteroatoms. The summed E-state index contributed by atoms with van der Waals surface area (Å²) in [6.07, 6.45) is 1.64. The number of carboxylic acid groups (broad SMARTS) is 1. The van der Waals surface area contributed by atoms with Crippen LogP contribution in [-0.2, 0) is 4.79 Å². The fourth-order valence-electron chi connectivity index (χ4n) is 3.35. The number of aliphatic carboxylic acids is 1. The van der Waals surface area contributed by atoms with Gasteiger partial charge in [-0.05, 0) is 68.2 Å². The van der Waals surface area contributed by atoms with Gasteiger partial charge in [0.05, 0.1) is 5.92 Å². The number of Topliss-reactive ketones (excluding diaryl/α,β-unsaturated/α-hetero) is 1. The highest BCUT2D eigenvalue weighted by molar-refractivity contribution is 5.98. The van der Waals surface area contributed by atoms with Crippen LogP contribution in [0.5, 0.6) is 11.5 Å². The summed E-state index contributed by atoms with van der Waals surface area (Å²) in [4.78, 5) is 24.2. The number of nitrogens with one attached hydrogen (secondary N) is 1. The lowest BCUT2D eigenvalue weighted by atomic mass is 9.81. The second-order valence-electron chi connectivity index (χ2n) is 6.60. The van der Waals surface area contributed by atoms with E-state index in [0.29, 0.717) is 11.3 Å². The van der Waals surface area contributed by atoms with Gasteiger partial charge in [-0.2, -0.15) is 0 Å². The summed E-state index contributed by atoms with van der Waals surface area (Å²) in [5.74, 6) is -0.218. The molecule has 2 aromatic rings. The zero-order valence-electron chi connectivity index (χ0n) is 14.6. The zero-order valence-corrected chi connectivity index (χ0v) is 14.6. The first-order chi connectivity index (χ1) is 12.6. The van der Waals surface area contributed by atoms with Crippen molar-refractivity contribution in [3.8, 4) is 11.5 Å². The fourth-order valence-corrected chi connectivity index (χ4v) is 3.35. The first-order valence-corrected chi connectivity index (χ1v) is 8.93. The number of hydrogen-bond donors (Lipinski definition) is 2. The highest BCUT2D eigenvalue weighted by Gasteiger charge is 2.31. The largest absolute Gasteiger partial charge is 0.481 e. The Morgan fingerprint density at radius 3 is 2.23 bits per heavy atom. The van der Waals surface area contributed by atoms with Gasteiger partial charge in [0, 0.05) is 12.0 Å². The third-order valence-corrected chi connectivity index (χ3v) is 4.83. The third-order valence-electron chi connectivity index (χ3n) is 4.83. The quantitative estimate of drug-likeness (QED) is 0.742. The molecule has 0 spiro atoms. The molecule has 1 aliphatic rings. The van der Waals surface area contributed by atoms with Crippen molar-refractivity contribution in [2.24, 2.45) is 11.8 Å². The molecule has 1 fully saturated rings. The molecule has 0 bridgehead atoms. The number of carbonyl (C=O) groups is 2. The van der Waals surface area contributed by atoms with Crippen molar-refractivity contribution < 1.29 is 19.4 Å². The van der Waals surface area contributed by atoms with Crippen LogP contribution in [0.3, 0.4) is 0 Å². The Kier molecular flexibility index (Phi) is 6.02. The second kappa shape index (κ2) is 8.63. The Morgan fingerprint density at radius 1 is 1.00 bits per heavy atom. The number of ether oxygens (including phenoxy) is 1. The summed E-state index contributed by atoms with van der Waals surface area (Å²) in [6.45, 7) is 1.63. The van der Waals surface area contributed by atoms with Crippen molar-refractivity contribution in [3.05, 3.63) is 60.2 Å². The van der Waals surface area contributed by atoms with Crippen LogP contribution in [0.25, 0.3) is 0 Å². The molecular weight excluding hydrogens is 330 g/mol. The van der Waals surface area contributed by atoms with Crippen molar-refractivity contribution in [2.45, 2.75) is 19.3 Å². The summed E-state index contributed by atoms with van der Waals surface area (Å²) in [7, 11) is 0. The summed E-state index contributed by atoms with van der Waals surface area (Å²) in [5, 5.41) is 12.8. The molecular formula is C21H23NO4. The van der Waals surface area contributed by atoms with Crippen LogP contribution in [0.4, 0.5) is 0 Å². The van der Waals surface area contributed by atoms with Crippen LogP contribution in [0.2, 0.25) is 0 Å². The number of carbonyl (C=O) groups excluding carboxylic acids is 1. The maximum Gasteiger partial charge on any atom is 0.307 e. The minimum Gasteiger partial charge on any atom is -0.481 e. The van der Waals surface area contributed by atoms with Gasteiger partial charge in [-0.25, -0.2) is 0 Å². The number of carboxylic acids is 1. The average Bonchev–Trinajstić information content (AvgIpc) is 2.68. The highest BCUT2D eigenvalue weighted by atomic mass is 16.5. The van der Waals surface area contributed by atoms with E-state index in [1.165, 1.54) is 0 Å². The van der Waals surface area contributed by atoms with E-state index in [1.54, 1.807) is 24.3 Å². The first kappa shape index (κ1) is 18.1. The molecule has 0 aliphatic carbocycles. The Morgan fingerprint density at radius 2 is 1.62 bits per heavy atom. The average molecular weight is 353 g/mol. The van der Waals surface area contributed by atoms with Crippen LogP contribution in [-0.4, -0.2) is 29.9 Å². The number of rotatable bonds is 7. The molecule has 3 rings (SSSR count). The Hall–Kier alpha value is -2.66. The van der Waals surface area contributed by atoms with Crippen LogP contribution < -0.4 is 10.1 Å². The molecule has 0 radical (unpaired) electrons. The van der Waals surface area contributed by atoms with E-state index in [-0.39, 0.29) is 18.1 Å². The molecule has 2 N–H and O–H groups in total. The lowest BCUT2D eigenvalue weighted by Crippen LogP contribution is -2.35. The highest BCUT2D eigenvalue weighted by Crippen LogP contribution is 2.27.